The molecule has 0 radical (unpaired) electrons. The van der Waals surface area contributed by atoms with Gasteiger partial charge in [0, 0.05) is 26.3 Å². The number of rotatable bonds is 2. The lowest BCUT2D eigenvalue weighted by atomic mass is 10.4. The maximum Gasteiger partial charge on any atom is 0.224 e. The van der Waals surface area contributed by atoms with Crippen LogP contribution in [0.25, 0.3) is 0 Å². The van der Waals surface area contributed by atoms with Gasteiger partial charge in [-0.15, -0.1) is 0 Å². The zero-order valence-electron chi connectivity index (χ0n) is 9.76. The molecular weight excluding hydrogens is 240 g/mol. The Hall–Kier alpha value is -1.37. The second-order valence-electron chi connectivity index (χ2n) is 3.98. The summed E-state index contributed by atoms with van der Waals surface area (Å²) in [6.07, 6.45) is 2.33. The smallest absolute Gasteiger partial charge is 0.224 e. The van der Waals surface area contributed by atoms with Crippen molar-refractivity contribution in [3.63, 3.8) is 0 Å². The molecule has 0 spiro atoms. The van der Waals surface area contributed by atoms with E-state index in [0.29, 0.717) is 18.9 Å². The molecule has 1 aliphatic heterocycles. The zero-order chi connectivity index (χ0) is 12.3. The molecule has 1 N–H and O–H groups in total. The van der Waals surface area contributed by atoms with Crippen molar-refractivity contribution in [1.82, 2.24) is 9.97 Å². The molecule has 1 saturated heterocycles. The van der Waals surface area contributed by atoms with Crippen LogP contribution in [0.5, 0.6) is 0 Å². The standard InChI is InChI=1S/C10H16N4O2S/c1-11-10-12-4-3-9(13-10)14-5-2-7-17(15,16)8-6-14/h3-4H,2,5-8H2,1H3,(H,11,12,13). The molecule has 1 fully saturated rings. The van der Waals surface area contributed by atoms with Crippen molar-refractivity contribution in [2.45, 2.75) is 6.42 Å². The molecular formula is C10H16N4O2S. The van der Waals surface area contributed by atoms with Crippen molar-refractivity contribution in [3.05, 3.63) is 12.3 Å². The molecule has 0 bridgehead atoms. The third-order valence-electron chi connectivity index (χ3n) is 2.74. The van der Waals surface area contributed by atoms with Crippen molar-refractivity contribution >= 4 is 21.6 Å². The predicted molar refractivity (Wildman–Crippen MR) is 67.1 cm³/mol. The Morgan fingerprint density at radius 3 is 2.94 bits per heavy atom. The van der Waals surface area contributed by atoms with Gasteiger partial charge in [0.25, 0.3) is 0 Å². The number of hydrogen-bond acceptors (Lipinski definition) is 6. The lowest BCUT2D eigenvalue weighted by molar-refractivity contribution is 0.597. The molecule has 1 aromatic rings. The van der Waals surface area contributed by atoms with Gasteiger partial charge in [-0.2, -0.15) is 4.98 Å². The molecule has 2 heterocycles. The van der Waals surface area contributed by atoms with Crippen LogP contribution in [-0.4, -0.2) is 50.0 Å². The molecule has 6 nitrogen and oxygen atoms in total. The number of nitrogens with zero attached hydrogens (tertiary/aromatic N) is 3. The molecule has 0 atom stereocenters. The largest absolute Gasteiger partial charge is 0.357 e. The normalized spacial score (nSPS) is 19.7. The highest BCUT2D eigenvalue weighted by atomic mass is 32.2. The van der Waals surface area contributed by atoms with Gasteiger partial charge in [0.1, 0.15) is 5.82 Å². The molecule has 0 aromatic carbocycles. The van der Waals surface area contributed by atoms with E-state index in [4.69, 9.17) is 0 Å². The second kappa shape index (κ2) is 4.87. The fourth-order valence-corrected chi connectivity index (χ4v) is 3.08. The number of aromatic nitrogens is 2. The molecule has 0 saturated carbocycles. The summed E-state index contributed by atoms with van der Waals surface area (Å²) >= 11 is 0. The molecule has 17 heavy (non-hydrogen) atoms. The molecule has 0 aliphatic carbocycles. The number of anilines is 2. The molecule has 1 aliphatic rings. The van der Waals surface area contributed by atoms with Gasteiger partial charge < -0.3 is 10.2 Å². The first-order chi connectivity index (χ1) is 8.11. The van der Waals surface area contributed by atoms with Crippen LogP contribution in [0, 0.1) is 0 Å². The van der Waals surface area contributed by atoms with Crippen LogP contribution in [0.4, 0.5) is 11.8 Å². The minimum absolute atomic E-state index is 0.200. The molecule has 0 unspecified atom stereocenters. The highest BCUT2D eigenvalue weighted by molar-refractivity contribution is 7.91. The monoisotopic (exact) mass is 256 g/mol. The summed E-state index contributed by atoms with van der Waals surface area (Å²) in [5.74, 6) is 1.80. The Morgan fingerprint density at radius 1 is 1.35 bits per heavy atom. The SMILES string of the molecule is CNc1nccc(N2CCCS(=O)(=O)CC2)n1. The van der Waals surface area contributed by atoms with Gasteiger partial charge in [-0.3, -0.25) is 0 Å². The van der Waals surface area contributed by atoms with Crippen LogP contribution in [0.3, 0.4) is 0 Å². The van der Waals surface area contributed by atoms with E-state index in [1.165, 1.54) is 0 Å². The third kappa shape index (κ3) is 3.06. The summed E-state index contributed by atoms with van der Waals surface area (Å²) in [5, 5.41) is 2.87. The molecule has 2 rings (SSSR count). The van der Waals surface area contributed by atoms with Crippen molar-refractivity contribution < 1.29 is 8.42 Å². The van der Waals surface area contributed by atoms with Crippen LogP contribution in [0.2, 0.25) is 0 Å². The van der Waals surface area contributed by atoms with Crippen molar-refractivity contribution in [2.24, 2.45) is 0 Å². The van der Waals surface area contributed by atoms with E-state index in [9.17, 15) is 8.42 Å². The highest BCUT2D eigenvalue weighted by Crippen LogP contribution is 2.15. The summed E-state index contributed by atoms with van der Waals surface area (Å²) in [5.41, 5.74) is 0. The molecule has 0 amide bonds. The Labute approximate surface area is 101 Å². The van der Waals surface area contributed by atoms with Crippen molar-refractivity contribution in [3.8, 4) is 0 Å². The Bertz CT molecular complexity index is 489. The maximum atomic E-state index is 11.5. The summed E-state index contributed by atoms with van der Waals surface area (Å²) in [6.45, 7) is 1.22. The van der Waals surface area contributed by atoms with E-state index in [-0.39, 0.29) is 11.5 Å². The number of sulfone groups is 1. The summed E-state index contributed by atoms with van der Waals surface area (Å²) < 4.78 is 23.0. The molecule has 94 valence electrons. The van der Waals surface area contributed by atoms with E-state index in [1.54, 1.807) is 19.3 Å². The fourth-order valence-electron chi connectivity index (χ4n) is 1.81. The number of nitrogens with one attached hydrogen (secondary N) is 1. The van der Waals surface area contributed by atoms with Gasteiger partial charge in [-0.1, -0.05) is 0 Å². The van der Waals surface area contributed by atoms with Gasteiger partial charge in [0.05, 0.1) is 11.5 Å². The van der Waals surface area contributed by atoms with Gasteiger partial charge >= 0.3 is 0 Å². The predicted octanol–water partition coefficient (Wildman–Crippen LogP) is 0.143. The first-order valence-electron chi connectivity index (χ1n) is 5.57. The van der Waals surface area contributed by atoms with E-state index in [1.807, 2.05) is 4.90 Å². The van der Waals surface area contributed by atoms with Crippen LogP contribution in [0.1, 0.15) is 6.42 Å². The first kappa shape index (κ1) is 12.1. The lowest BCUT2D eigenvalue weighted by Gasteiger charge is -2.20. The second-order valence-corrected chi connectivity index (χ2v) is 6.28. The third-order valence-corrected chi connectivity index (χ3v) is 4.46. The van der Waals surface area contributed by atoms with Crippen LogP contribution < -0.4 is 10.2 Å². The average molecular weight is 256 g/mol. The number of hydrogen-bond donors (Lipinski definition) is 1. The Balaban J connectivity index is 2.16. The quantitative estimate of drug-likeness (QED) is 0.811. The highest BCUT2D eigenvalue weighted by Gasteiger charge is 2.20. The lowest BCUT2D eigenvalue weighted by Crippen LogP contribution is -2.27. The fraction of sp³-hybridized carbons (Fsp3) is 0.600. The van der Waals surface area contributed by atoms with Crippen LogP contribution in [0.15, 0.2) is 12.3 Å². The first-order valence-corrected chi connectivity index (χ1v) is 7.39. The summed E-state index contributed by atoms with van der Waals surface area (Å²) in [7, 11) is -1.12. The van der Waals surface area contributed by atoms with Gasteiger partial charge in [0.2, 0.25) is 5.95 Å². The van der Waals surface area contributed by atoms with Crippen molar-refractivity contribution in [2.75, 3.05) is 41.9 Å². The Kier molecular flexibility index (Phi) is 3.46. The van der Waals surface area contributed by atoms with Crippen LogP contribution in [-0.2, 0) is 9.84 Å². The molecule has 7 heteroatoms. The zero-order valence-corrected chi connectivity index (χ0v) is 10.6. The van der Waals surface area contributed by atoms with E-state index >= 15 is 0 Å². The summed E-state index contributed by atoms with van der Waals surface area (Å²) in [4.78, 5) is 10.3. The van der Waals surface area contributed by atoms with E-state index in [2.05, 4.69) is 15.3 Å². The average Bonchev–Trinajstić information content (AvgIpc) is 2.50. The molecule has 1 aromatic heterocycles. The minimum atomic E-state index is -2.88. The Morgan fingerprint density at radius 2 is 2.18 bits per heavy atom. The minimum Gasteiger partial charge on any atom is -0.357 e. The topological polar surface area (TPSA) is 75.2 Å². The van der Waals surface area contributed by atoms with E-state index in [0.717, 1.165) is 12.4 Å². The summed E-state index contributed by atoms with van der Waals surface area (Å²) in [6, 6.07) is 1.80. The van der Waals surface area contributed by atoms with Gasteiger partial charge in [-0.25, -0.2) is 13.4 Å². The van der Waals surface area contributed by atoms with E-state index < -0.39 is 9.84 Å². The van der Waals surface area contributed by atoms with Crippen LogP contribution >= 0.6 is 0 Å². The van der Waals surface area contributed by atoms with Gasteiger partial charge in [-0.05, 0) is 12.5 Å². The van der Waals surface area contributed by atoms with Gasteiger partial charge in [0.15, 0.2) is 9.84 Å². The maximum absolute atomic E-state index is 11.5. The van der Waals surface area contributed by atoms with Crippen molar-refractivity contribution in [1.29, 1.82) is 0 Å².